The average molecular weight is 429 g/mol. The highest BCUT2D eigenvalue weighted by Crippen LogP contribution is 2.41. The van der Waals surface area contributed by atoms with Crippen molar-refractivity contribution in [2.24, 2.45) is 17.8 Å². The van der Waals surface area contributed by atoms with Gasteiger partial charge >= 0.3 is 0 Å². The van der Waals surface area contributed by atoms with Gasteiger partial charge < -0.3 is 5.53 Å². The fourth-order valence-corrected chi connectivity index (χ4v) is 5.97. The van der Waals surface area contributed by atoms with E-state index in [0.29, 0.717) is 29.8 Å². The van der Waals surface area contributed by atoms with Gasteiger partial charge in [0.2, 0.25) is 0 Å². The van der Waals surface area contributed by atoms with Crippen molar-refractivity contribution in [2.45, 2.75) is 77.0 Å². The second-order valence-electron chi connectivity index (χ2n) is 9.80. The van der Waals surface area contributed by atoms with Crippen LogP contribution in [0.5, 0.6) is 0 Å². The molecule has 0 unspecified atom stereocenters. The van der Waals surface area contributed by atoms with Crippen LogP contribution in [0.15, 0.2) is 54.6 Å². The van der Waals surface area contributed by atoms with Crippen LogP contribution in [0.3, 0.4) is 0 Å². The van der Waals surface area contributed by atoms with Crippen molar-refractivity contribution < 1.29 is 9.58 Å². The van der Waals surface area contributed by atoms with E-state index in [2.05, 4.69) is 16.9 Å². The molecular formula is C29H36N2O. The summed E-state index contributed by atoms with van der Waals surface area (Å²) < 4.78 is 0. The molecule has 2 aliphatic rings. The van der Waals surface area contributed by atoms with Crippen LogP contribution in [0, 0.1) is 17.8 Å². The summed E-state index contributed by atoms with van der Waals surface area (Å²) in [6.45, 7) is 0. The Bertz CT molecular complexity index is 897. The molecule has 0 atom stereocenters. The molecular weight excluding hydrogens is 392 g/mol. The number of carbonyl (C=O) groups is 1. The molecule has 0 aromatic heterocycles. The number of Topliss-reactive ketones (excluding diaryl/α,β-unsaturated/α-hetero) is 1. The molecule has 0 N–H and O–H groups in total. The maximum Gasteiger partial charge on any atom is 0.299 e. The SMILES string of the molecule is [N-]=[N+]=C(CCc1ccc(C(=O)C(C2CCCCC2)C2CCCCC2)cc1)c1ccccc1. The van der Waals surface area contributed by atoms with Gasteiger partial charge in [-0.1, -0.05) is 81.0 Å². The number of rotatable bonds is 8. The zero-order valence-electron chi connectivity index (χ0n) is 19.2. The first kappa shape index (κ1) is 22.7. The molecule has 0 saturated heterocycles. The van der Waals surface area contributed by atoms with E-state index in [1.54, 1.807) is 0 Å². The average Bonchev–Trinajstić information content (AvgIpc) is 2.87. The van der Waals surface area contributed by atoms with Gasteiger partial charge in [-0.15, -0.1) is 0 Å². The maximum atomic E-state index is 13.7. The van der Waals surface area contributed by atoms with Crippen LogP contribution in [0.2, 0.25) is 0 Å². The molecule has 168 valence electrons. The standard InChI is InChI=1S/C29H36N2O/c30-31-27(23-10-4-1-5-11-23)21-18-22-16-19-26(20-17-22)29(32)28(24-12-6-2-7-13-24)25-14-8-3-9-15-25/h1,4-5,10-11,16-17,19-20,24-25,28H,2-3,6-9,12-15,18,21H2. The first-order valence-electron chi connectivity index (χ1n) is 12.7. The molecule has 3 heteroatoms. The van der Waals surface area contributed by atoms with Crippen molar-refractivity contribution in [3.05, 3.63) is 76.8 Å². The Morgan fingerprint density at radius 3 is 1.88 bits per heavy atom. The molecule has 2 aromatic rings. The summed E-state index contributed by atoms with van der Waals surface area (Å²) in [6.07, 6.45) is 14.2. The smallest absolute Gasteiger partial charge is 0.299 e. The first-order chi connectivity index (χ1) is 15.8. The number of nitrogens with zero attached hydrogens (tertiary/aromatic N) is 2. The molecule has 0 aliphatic heterocycles. The lowest BCUT2D eigenvalue weighted by Crippen LogP contribution is -2.33. The Morgan fingerprint density at radius 2 is 1.34 bits per heavy atom. The zero-order chi connectivity index (χ0) is 22.2. The van der Waals surface area contributed by atoms with Crippen molar-refractivity contribution in [1.29, 1.82) is 0 Å². The molecule has 4 rings (SSSR count). The topological polar surface area (TPSA) is 53.5 Å². The molecule has 0 radical (unpaired) electrons. The summed E-state index contributed by atoms with van der Waals surface area (Å²) >= 11 is 0. The molecule has 0 spiro atoms. The quantitative estimate of drug-likeness (QED) is 0.188. The van der Waals surface area contributed by atoms with E-state index in [4.69, 9.17) is 0 Å². The largest absolute Gasteiger partial charge is 0.361 e. The fraction of sp³-hybridized carbons (Fsp3) is 0.517. The minimum Gasteiger partial charge on any atom is -0.361 e. The predicted octanol–water partition coefficient (Wildman–Crippen LogP) is 7.30. The van der Waals surface area contributed by atoms with Gasteiger partial charge in [0.1, 0.15) is 0 Å². The molecule has 0 bridgehead atoms. The Hall–Kier alpha value is -2.51. The van der Waals surface area contributed by atoms with Gasteiger partial charge in [-0.05, 0) is 61.6 Å². The third-order valence-electron chi connectivity index (χ3n) is 7.73. The Labute approximate surface area is 192 Å². The number of carbonyl (C=O) groups excluding carboxylic acids is 1. The van der Waals surface area contributed by atoms with E-state index in [0.717, 1.165) is 17.5 Å². The highest BCUT2D eigenvalue weighted by atomic mass is 16.1. The minimum absolute atomic E-state index is 0.215. The van der Waals surface area contributed by atoms with Crippen LogP contribution in [-0.2, 0) is 6.42 Å². The molecule has 32 heavy (non-hydrogen) atoms. The molecule has 2 saturated carbocycles. The third kappa shape index (κ3) is 5.64. The number of ketones is 1. The zero-order valence-corrected chi connectivity index (χ0v) is 19.2. The van der Waals surface area contributed by atoms with Gasteiger partial charge in [0, 0.05) is 11.5 Å². The van der Waals surface area contributed by atoms with Crippen LogP contribution >= 0.6 is 0 Å². The van der Waals surface area contributed by atoms with Crippen LogP contribution < -0.4 is 0 Å². The highest BCUT2D eigenvalue weighted by molar-refractivity contribution is 5.98. The van der Waals surface area contributed by atoms with Crippen molar-refractivity contribution in [3.63, 3.8) is 0 Å². The molecule has 3 nitrogen and oxygen atoms in total. The summed E-state index contributed by atoms with van der Waals surface area (Å²) in [7, 11) is 0. The van der Waals surface area contributed by atoms with E-state index in [1.807, 2.05) is 42.5 Å². The van der Waals surface area contributed by atoms with Crippen LogP contribution in [0.25, 0.3) is 5.53 Å². The molecule has 0 heterocycles. The Balaban J connectivity index is 1.44. The van der Waals surface area contributed by atoms with E-state index in [9.17, 15) is 10.3 Å². The summed E-state index contributed by atoms with van der Waals surface area (Å²) in [5, 5.41) is 0. The van der Waals surface area contributed by atoms with Crippen molar-refractivity contribution >= 4 is 11.5 Å². The summed E-state index contributed by atoms with van der Waals surface area (Å²) in [5.74, 6) is 1.76. The van der Waals surface area contributed by atoms with Gasteiger partial charge in [0.25, 0.3) is 5.71 Å². The van der Waals surface area contributed by atoms with Gasteiger partial charge in [0.15, 0.2) is 5.78 Å². The molecule has 2 fully saturated rings. The number of hydrogen-bond donors (Lipinski definition) is 0. The normalized spacial score (nSPS) is 17.8. The van der Waals surface area contributed by atoms with Gasteiger partial charge in [-0.2, -0.15) is 4.79 Å². The number of hydrogen-bond acceptors (Lipinski definition) is 1. The summed E-state index contributed by atoms with van der Waals surface area (Å²) in [5.41, 5.74) is 13.1. The molecule has 2 aromatic carbocycles. The minimum atomic E-state index is 0.215. The second kappa shape index (κ2) is 11.4. The fourth-order valence-electron chi connectivity index (χ4n) is 5.97. The lowest BCUT2D eigenvalue weighted by atomic mass is 9.67. The van der Waals surface area contributed by atoms with Crippen molar-refractivity contribution in [2.75, 3.05) is 0 Å². The maximum absolute atomic E-state index is 13.7. The Kier molecular flexibility index (Phi) is 8.07. The van der Waals surface area contributed by atoms with E-state index in [1.165, 1.54) is 69.8 Å². The lowest BCUT2D eigenvalue weighted by molar-refractivity contribution is -0.00691. The van der Waals surface area contributed by atoms with E-state index >= 15 is 0 Å². The van der Waals surface area contributed by atoms with Crippen LogP contribution in [0.4, 0.5) is 0 Å². The number of benzene rings is 2. The summed E-state index contributed by atoms with van der Waals surface area (Å²) in [4.78, 5) is 17.2. The van der Waals surface area contributed by atoms with Gasteiger partial charge in [-0.3, -0.25) is 4.79 Å². The van der Waals surface area contributed by atoms with Gasteiger partial charge in [-0.25, -0.2) is 0 Å². The lowest BCUT2D eigenvalue weighted by Gasteiger charge is -2.37. The van der Waals surface area contributed by atoms with E-state index in [-0.39, 0.29) is 5.92 Å². The monoisotopic (exact) mass is 428 g/mol. The molecule has 0 amide bonds. The first-order valence-corrected chi connectivity index (χ1v) is 12.7. The van der Waals surface area contributed by atoms with Crippen molar-refractivity contribution in [1.82, 2.24) is 0 Å². The predicted molar refractivity (Wildman–Crippen MR) is 130 cm³/mol. The third-order valence-corrected chi connectivity index (χ3v) is 7.73. The van der Waals surface area contributed by atoms with Crippen LogP contribution in [-0.4, -0.2) is 16.3 Å². The van der Waals surface area contributed by atoms with Gasteiger partial charge in [0.05, 0.1) is 12.0 Å². The molecule has 2 aliphatic carbocycles. The highest BCUT2D eigenvalue weighted by Gasteiger charge is 2.36. The number of aryl methyl sites for hydroxylation is 1. The van der Waals surface area contributed by atoms with Crippen LogP contribution in [0.1, 0.15) is 92.1 Å². The van der Waals surface area contributed by atoms with Crippen molar-refractivity contribution in [3.8, 4) is 0 Å². The van der Waals surface area contributed by atoms with E-state index < -0.39 is 0 Å². The summed E-state index contributed by atoms with van der Waals surface area (Å²) in [6, 6.07) is 18.1. The Morgan fingerprint density at radius 1 is 0.781 bits per heavy atom. The second-order valence-corrected chi connectivity index (χ2v) is 9.80.